The molecule has 0 aliphatic carbocycles. The minimum Gasteiger partial charge on any atom is -0.489 e. The van der Waals surface area contributed by atoms with Gasteiger partial charge in [-0.1, -0.05) is 59.0 Å². The van der Waals surface area contributed by atoms with Crippen LogP contribution in [0.4, 0.5) is 5.69 Å². The molecular weight excluding hydrogens is 584 g/mol. The van der Waals surface area contributed by atoms with Gasteiger partial charge in [0.1, 0.15) is 17.6 Å². The summed E-state index contributed by atoms with van der Waals surface area (Å²) in [6, 6.07) is 21.0. The Morgan fingerprint density at radius 1 is 1.00 bits per heavy atom. The van der Waals surface area contributed by atoms with Gasteiger partial charge in [0.2, 0.25) is 11.8 Å². The van der Waals surface area contributed by atoms with Crippen LogP contribution >= 0.6 is 34.7 Å². The highest BCUT2D eigenvalue weighted by Crippen LogP contribution is 2.53. The lowest BCUT2D eigenvalue weighted by atomic mass is 9.83. The number of nitrogens with one attached hydrogen (secondary N) is 1. The average molecular weight is 607 g/mol. The summed E-state index contributed by atoms with van der Waals surface area (Å²) in [5, 5.41) is 0.522. The van der Waals surface area contributed by atoms with E-state index in [2.05, 4.69) is 4.98 Å². The Bertz CT molecular complexity index is 1700. The van der Waals surface area contributed by atoms with Crippen LogP contribution < -0.4 is 14.5 Å². The van der Waals surface area contributed by atoms with Gasteiger partial charge in [0.25, 0.3) is 0 Å². The van der Waals surface area contributed by atoms with E-state index < -0.39 is 23.1 Å². The minimum atomic E-state index is -0.714. The van der Waals surface area contributed by atoms with E-state index in [-0.39, 0.29) is 23.3 Å². The number of imide groups is 1. The van der Waals surface area contributed by atoms with Gasteiger partial charge >= 0.3 is 10.8 Å². The first kappa shape index (κ1) is 27.3. The third-order valence-corrected chi connectivity index (χ3v) is 9.63. The summed E-state index contributed by atoms with van der Waals surface area (Å²) in [7, 11) is 0. The van der Waals surface area contributed by atoms with Gasteiger partial charge in [-0.2, -0.15) is 0 Å². The largest absolute Gasteiger partial charge is 0.489 e. The zero-order valence-corrected chi connectivity index (χ0v) is 24.1. The van der Waals surface area contributed by atoms with Crippen LogP contribution in [-0.4, -0.2) is 34.6 Å². The molecule has 11 heteroatoms. The lowest BCUT2D eigenvalue weighted by Gasteiger charge is -2.29. The Morgan fingerprint density at radius 2 is 1.76 bits per heavy atom. The first-order valence-electron chi connectivity index (χ1n) is 12.9. The van der Waals surface area contributed by atoms with Crippen molar-refractivity contribution in [3.8, 4) is 5.75 Å². The summed E-state index contributed by atoms with van der Waals surface area (Å²) >= 11 is 8.34. The molecule has 3 aromatic carbocycles. The highest BCUT2D eigenvalue weighted by atomic mass is 35.5. The van der Waals surface area contributed by atoms with Gasteiger partial charge in [0, 0.05) is 15.8 Å². The number of fused-ring (bicyclic) bond motifs is 2. The van der Waals surface area contributed by atoms with Crippen molar-refractivity contribution in [1.82, 2.24) is 4.98 Å². The van der Waals surface area contributed by atoms with Gasteiger partial charge < -0.3 is 14.5 Å². The van der Waals surface area contributed by atoms with E-state index in [9.17, 15) is 19.2 Å². The van der Waals surface area contributed by atoms with Gasteiger partial charge in [-0.3, -0.25) is 14.4 Å². The smallest absolute Gasteiger partial charge is 0.338 e. The van der Waals surface area contributed by atoms with Crippen molar-refractivity contribution in [3.63, 3.8) is 0 Å². The number of thiazole rings is 1. The Labute approximate surface area is 248 Å². The molecule has 4 aromatic rings. The monoisotopic (exact) mass is 606 g/mol. The Hall–Kier alpha value is -3.86. The number of thioether (sulfide) groups is 1. The summed E-state index contributed by atoms with van der Waals surface area (Å²) in [5.74, 6) is -1.77. The molecule has 0 radical (unpaired) electrons. The predicted octanol–water partition coefficient (Wildman–Crippen LogP) is 5.64. The van der Waals surface area contributed by atoms with Crippen molar-refractivity contribution in [2.75, 3.05) is 11.5 Å². The molecule has 208 valence electrons. The quantitative estimate of drug-likeness (QED) is 0.214. The first-order valence-corrected chi connectivity index (χ1v) is 14.9. The van der Waals surface area contributed by atoms with Crippen LogP contribution in [0, 0.1) is 5.92 Å². The number of carbonyl (C=O) groups is 3. The van der Waals surface area contributed by atoms with E-state index in [1.165, 1.54) is 28.8 Å². The number of hydrogen-bond acceptors (Lipinski definition) is 8. The second-order valence-electron chi connectivity index (χ2n) is 9.52. The highest BCUT2D eigenvalue weighted by molar-refractivity contribution is 8.00. The van der Waals surface area contributed by atoms with E-state index in [1.807, 2.05) is 42.5 Å². The zero-order valence-electron chi connectivity index (χ0n) is 21.7. The molecule has 1 saturated heterocycles. The fourth-order valence-corrected chi connectivity index (χ4v) is 7.88. The molecule has 0 spiro atoms. The van der Waals surface area contributed by atoms with Crippen molar-refractivity contribution < 1.29 is 23.9 Å². The van der Waals surface area contributed by atoms with Gasteiger partial charge in [0.05, 0.1) is 28.8 Å². The van der Waals surface area contributed by atoms with Crippen molar-refractivity contribution in [2.45, 2.75) is 29.7 Å². The number of aromatic nitrogens is 1. The van der Waals surface area contributed by atoms with Gasteiger partial charge in [-0.25, -0.2) is 9.69 Å². The van der Waals surface area contributed by atoms with Gasteiger partial charge in [-0.15, -0.1) is 0 Å². The van der Waals surface area contributed by atoms with Crippen LogP contribution in [-0.2, 0) is 20.9 Å². The van der Waals surface area contributed by atoms with Crippen molar-refractivity contribution in [2.24, 2.45) is 5.92 Å². The number of H-pyrrole nitrogens is 1. The van der Waals surface area contributed by atoms with Crippen molar-refractivity contribution >= 4 is 58.2 Å². The average Bonchev–Trinajstić information content (AvgIpc) is 3.46. The van der Waals surface area contributed by atoms with Crippen molar-refractivity contribution in [3.05, 3.63) is 109 Å². The first-order chi connectivity index (χ1) is 19.8. The number of carbonyl (C=O) groups excluding carboxylic acids is 3. The number of aromatic amines is 1. The zero-order chi connectivity index (χ0) is 28.7. The summed E-state index contributed by atoms with van der Waals surface area (Å²) in [6.07, 6.45) is 0. The van der Waals surface area contributed by atoms with E-state index in [0.29, 0.717) is 33.7 Å². The summed E-state index contributed by atoms with van der Waals surface area (Å²) in [6.45, 7) is 2.30. The van der Waals surface area contributed by atoms with Crippen LogP contribution in [0.2, 0.25) is 5.02 Å². The fraction of sp³-hybridized carbons (Fsp3) is 0.200. The molecule has 2 aliphatic rings. The molecule has 6 rings (SSSR count). The molecule has 3 heterocycles. The normalized spacial score (nSPS) is 19.6. The number of nitrogens with zero attached hydrogens (tertiary/aromatic N) is 1. The van der Waals surface area contributed by atoms with Crippen LogP contribution in [0.15, 0.2) is 82.6 Å². The molecule has 3 atom stereocenters. The topological polar surface area (TPSA) is 106 Å². The third-order valence-electron chi connectivity index (χ3n) is 6.99. The lowest BCUT2D eigenvalue weighted by molar-refractivity contribution is -0.122. The molecule has 41 heavy (non-hydrogen) atoms. The predicted molar refractivity (Wildman–Crippen MR) is 157 cm³/mol. The number of esters is 1. The molecule has 1 N–H and O–H groups in total. The summed E-state index contributed by atoms with van der Waals surface area (Å²) in [5.41, 5.74) is 2.44. The third kappa shape index (κ3) is 5.18. The lowest BCUT2D eigenvalue weighted by Crippen LogP contribution is -2.32. The Balaban J connectivity index is 1.29. The van der Waals surface area contributed by atoms with E-state index in [1.54, 1.807) is 25.1 Å². The number of anilines is 1. The minimum absolute atomic E-state index is 0.236. The maximum absolute atomic E-state index is 13.9. The second kappa shape index (κ2) is 11.2. The number of halogens is 1. The van der Waals surface area contributed by atoms with E-state index >= 15 is 0 Å². The molecule has 2 amide bonds. The fourth-order valence-electron chi connectivity index (χ4n) is 5.16. The molecule has 0 saturated carbocycles. The molecule has 1 aromatic heterocycles. The van der Waals surface area contributed by atoms with Crippen LogP contribution in [0.3, 0.4) is 0 Å². The number of rotatable bonds is 7. The standard InChI is InChI=1S/C30H23ClN2O6S2/c1-2-38-29(36)18-6-10-20(11-7-18)33-27(34)23-22(24-26(32-30(37)41-24)40-25(23)28(33)35)17-8-12-21(13-9-17)39-15-16-4-3-5-19(31)14-16/h3-14,22-23,25H,2,15H2,1H3,(H,32,37)/t22-,23-,25+/m0/s1. The maximum Gasteiger partial charge on any atom is 0.338 e. The molecule has 0 unspecified atom stereocenters. The maximum atomic E-state index is 13.9. The van der Waals surface area contributed by atoms with Crippen LogP contribution in [0.1, 0.15) is 39.2 Å². The Kier molecular flexibility index (Phi) is 7.46. The second-order valence-corrected chi connectivity index (χ2v) is 12.1. The van der Waals surface area contributed by atoms with E-state index in [0.717, 1.165) is 27.3 Å². The van der Waals surface area contributed by atoms with E-state index in [4.69, 9.17) is 21.1 Å². The number of amides is 2. The molecule has 8 nitrogen and oxygen atoms in total. The highest BCUT2D eigenvalue weighted by Gasteiger charge is 2.56. The molecule has 1 fully saturated rings. The van der Waals surface area contributed by atoms with Crippen molar-refractivity contribution in [1.29, 1.82) is 0 Å². The molecule has 2 aliphatic heterocycles. The molecular formula is C30H23ClN2O6S2. The number of benzene rings is 3. The van der Waals surface area contributed by atoms with Crippen LogP contribution in [0.5, 0.6) is 5.75 Å². The van der Waals surface area contributed by atoms with Gasteiger partial charge in [-0.05, 0) is 66.6 Å². The SMILES string of the molecule is CCOC(=O)c1ccc(N2C(=O)[C@H]3[C@H](c4ccc(OCc5cccc(Cl)c5)cc4)c4sc(=O)[nH]c4S[C@H]3C2=O)cc1. The molecule has 0 bridgehead atoms. The number of hydrogen-bond donors (Lipinski definition) is 1. The number of ether oxygens (including phenoxy) is 2. The summed E-state index contributed by atoms with van der Waals surface area (Å²) < 4.78 is 11.0. The summed E-state index contributed by atoms with van der Waals surface area (Å²) in [4.78, 5) is 56.5. The van der Waals surface area contributed by atoms with Gasteiger partial charge in [0.15, 0.2) is 0 Å². The van der Waals surface area contributed by atoms with Crippen LogP contribution in [0.25, 0.3) is 0 Å². The Morgan fingerprint density at radius 3 is 2.46 bits per heavy atom.